The molecule has 3 rings (SSSR count). The average molecular weight is 376 g/mol. The number of para-hydroxylation sites is 1. The molecule has 4 nitrogen and oxygen atoms in total. The Morgan fingerprint density at radius 1 is 1.00 bits per heavy atom. The number of halogens is 2. The molecule has 0 bridgehead atoms. The fraction of sp³-hybridized carbons (Fsp3) is 0.105. The molecule has 6 heteroatoms. The van der Waals surface area contributed by atoms with E-state index in [-0.39, 0.29) is 19.1 Å². The molecule has 0 aliphatic heterocycles. The zero-order valence-corrected chi connectivity index (χ0v) is 14.7. The molecule has 1 heterocycles. The van der Waals surface area contributed by atoms with Crippen molar-refractivity contribution < 1.29 is 13.9 Å². The van der Waals surface area contributed by atoms with Crippen LogP contribution in [0.1, 0.15) is 5.76 Å². The topological polar surface area (TPSA) is 51.5 Å². The van der Waals surface area contributed by atoms with Gasteiger partial charge in [-0.25, -0.2) is 0 Å². The number of carbonyl (C=O) groups excluding carboxylic acids is 1. The first-order valence-electron chi connectivity index (χ1n) is 7.60. The smallest absolute Gasteiger partial charge is 0.258 e. The lowest BCUT2D eigenvalue weighted by atomic mass is 10.2. The lowest BCUT2D eigenvalue weighted by Crippen LogP contribution is -2.28. The van der Waals surface area contributed by atoms with Crippen LogP contribution in [-0.2, 0) is 11.3 Å². The first-order chi connectivity index (χ1) is 12.1. The van der Waals surface area contributed by atoms with Gasteiger partial charge in [0.1, 0.15) is 17.3 Å². The number of benzene rings is 2. The molecular weight excluding hydrogens is 361 g/mol. The predicted molar refractivity (Wildman–Crippen MR) is 97.9 cm³/mol. The van der Waals surface area contributed by atoms with Crippen molar-refractivity contribution in [3.05, 3.63) is 76.5 Å². The number of nitrogens with one attached hydrogen (secondary N) is 1. The molecule has 0 aliphatic rings. The third kappa shape index (κ3) is 4.78. The van der Waals surface area contributed by atoms with E-state index in [0.717, 1.165) is 5.56 Å². The largest absolute Gasteiger partial charge is 0.482 e. The maximum atomic E-state index is 11.9. The van der Waals surface area contributed by atoms with Crippen molar-refractivity contribution in [3.63, 3.8) is 0 Å². The van der Waals surface area contributed by atoms with Gasteiger partial charge in [0, 0.05) is 10.6 Å². The average Bonchev–Trinajstić information content (AvgIpc) is 3.09. The molecular formula is C19H15Cl2NO3. The summed E-state index contributed by atoms with van der Waals surface area (Å²) in [5.74, 6) is 1.58. The van der Waals surface area contributed by atoms with Gasteiger partial charge in [0.25, 0.3) is 5.91 Å². The van der Waals surface area contributed by atoms with Crippen molar-refractivity contribution in [3.8, 4) is 17.1 Å². The summed E-state index contributed by atoms with van der Waals surface area (Å²) in [6.07, 6.45) is 0. The van der Waals surface area contributed by atoms with Crippen LogP contribution in [0, 0.1) is 0 Å². The van der Waals surface area contributed by atoms with Gasteiger partial charge < -0.3 is 14.5 Å². The van der Waals surface area contributed by atoms with E-state index in [9.17, 15) is 4.79 Å². The molecule has 0 radical (unpaired) electrons. The lowest BCUT2D eigenvalue weighted by molar-refractivity contribution is -0.123. The highest BCUT2D eigenvalue weighted by molar-refractivity contribution is 6.32. The minimum atomic E-state index is -0.260. The highest BCUT2D eigenvalue weighted by atomic mass is 35.5. The van der Waals surface area contributed by atoms with Crippen LogP contribution >= 0.6 is 23.2 Å². The summed E-state index contributed by atoms with van der Waals surface area (Å²) in [6, 6.07) is 18.0. The van der Waals surface area contributed by atoms with Gasteiger partial charge in [-0.1, -0.05) is 35.3 Å². The quantitative estimate of drug-likeness (QED) is 0.662. The van der Waals surface area contributed by atoms with E-state index in [1.807, 2.05) is 24.3 Å². The van der Waals surface area contributed by atoms with Crippen LogP contribution < -0.4 is 10.1 Å². The van der Waals surface area contributed by atoms with Crippen LogP contribution in [0.3, 0.4) is 0 Å². The van der Waals surface area contributed by atoms with E-state index in [1.54, 1.807) is 36.4 Å². The number of hydrogen-bond acceptors (Lipinski definition) is 3. The summed E-state index contributed by atoms with van der Waals surface area (Å²) in [5, 5.41) is 3.88. The van der Waals surface area contributed by atoms with Crippen LogP contribution in [0.25, 0.3) is 11.3 Å². The maximum Gasteiger partial charge on any atom is 0.258 e. The molecule has 0 spiro atoms. The molecule has 128 valence electrons. The summed E-state index contributed by atoms with van der Waals surface area (Å²) in [5.41, 5.74) is 0.920. The minimum Gasteiger partial charge on any atom is -0.482 e. The van der Waals surface area contributed by atoms with Crippen LogP contribution in [0.15, 0.2) is 65.1 Å². The zero-order valence-electron chi connectivity index (χ0n) is 13.2. The Kier molecular flexibility index (Phi) is 5.64. The van der Waals surface area contributed by atoms with Gasteiger partial charge in [0.15, 0.2) is 6.61 Å². The van der Waals surface area contributed by atoms with Crippen LogP contribution in [0.2, 0.25) is 10.0 Å². The van der Waals surface area contributed by atoms with Gasteiger partial charge in [0.05, 0.1) is 11.6 Å². The van der Waals surface area contributed by atoms with E-state index < -0.39 is 0 Å². The molecule has 0 saturated heterocycles. The van der Waals surface area contributed by atoms with Crippen molar-refractivity contribution >= 4 is 29.1 Å². The monoisotopic (exact) mass is 375 g/mol. The van der Waals surface area contributed by atoms with E-state index in [0.29, 0.717) is 27.3 Å². The maximum absolute atomic E-state index is 11.9. The van der Waals surface area contributed by atoms with E-state index in [2.05, 4.69) is 5.32 Å². The Morgan fingerprint density at radius 2 is 1.76 bits per heavy atom. The molecule has 0 fully saturated rings. The van der Waals surface area contributed by atoms with Gasteiger partial charge in [-0.3, -0.25) is 4.79 Å². The van der Waals surface area contributed by atoms with Gasteiger partial charge in [-0.15, -0.1) is 0 Å². The summed E-state index contributed by atoms with van der Waals surface area (Å²) in [6.45, 7) is 0.160. The van der Waals surface area contributed by atoms with Gasteiger partial charge >= 0.3 is 0 Å². The molecule has 1 aromatic heterocycles. The summed E-state index contributed by atoms with van der Waals surface area (Å²) >= 11 is 11.8. The molecule has 0 unspecified atom stereocenters. The van der Waals surface area contributed by atoms with Crippen molar-refractivity contribution in [1.29, 1.82) is 0 Å². The SMILES string of the molecule is O=C(COc1ccccc1Cl)NCc1ccc(-c2ccc(Cl)cc2)o1. The number of rotatable bonds is 6. The lowest BCUT2D eigenvalue weighted by Gasteiger charge is -2.07. The Balaban J connectivity index is 1.51. The van der Waals surface area contributed by atoms with E-state index in [4.69, 9.17) is 32.4 Å². The Bertz CT molecular complexity index is 859. The summed E-state index contributed by atoms with van der Waals surface area (Å²) < 4.78 is 11.1. The second-order valence-electron chi connectivity index (χ2n) is 5.27. The molecule has 25 heavy (non-hydrogen) atoms. The highest BCUT2D eigenvalue weighted by Crippen LogP contribution is 2.24. The predicted octanol–water partition coefficient (Wildman–Crippen LogP) is 4.95. The zero-order chi connectivity index (χ0) is 17.6. The van der Waals surface area contributed by atoms with Gasteiger partial charge in [-0.2, -0.15) is 0 Å². The summed E-state index contributed by atoms with van der Waals surface area (Å²) in [7, 11) is 0. The number of ether oxygens (including phenoxy) is 1. The normalized spacial score (nSPS) is 10.5. The molecule has 2 aromatic carbocycles. The van der Waals surface area contributed by atoms with Gasteiger partial charge in [0.2, 0.25) is 0 Å². The van der Waals surface area contributed by atoms with Crippen molar-refractivity contribution in [2.45, 2.75) is 6.54 Å². The fourth-order valence-electron chi connectivity index (χ4n) is 2.18. The fourth-order valence-corrected chi connectivity index (χ4v) is 2.50. The Labute approximate surface area is 155 Å². The molecule has 0 atom stereocenters. The Hall–Kier alpha value is -2.43. The third-order valence-electron chi connectivity index (χ3n) is 3.45. The van der Waals surface area contributed by atoms with Crippen molar-refractivity contribution in [2.75, 3.05) is 6.61 Å². The standard InChI is InChI=1S/C19H15Cl2NO3/c20-14-7-5-13(6-8-14)17-10-9-15(25-17)11-22-19(23)12-24-18-4-2-1-3-16(18)21/h1-10H,11-12H2,(H,22,23). The minimum absolute atomic E-state index is 0.117. The number of hydrogen-bond donors (Lipinski definition) is 1. The van der Waals surface area contributed by atoms with Crippen LogP contribution in [0.5, 0.6) is 5.75 Å². The van der Waals surface area contributed by atoms with Crippen molar-refractivity contribution in [1.82, 2.24) is 5.32 Å². The summed E-state index contributed by atoms with van der Waals surface area (Å²) in [4.78, 5) is 11.9. The highest BCUT2D eigenvalue weighted by Gasteiger charge is 2.08. The van der Waals surface area contributed by atoms with E-state index in [1.165, 1.54) is 0 Å². The molecule has 1 N–H and O–H groups in total. The van der Waals surface area contributed by atoms with E-state index >= 15 is 0 Å². The molecule has 0 saturated carbocycles. The first-order valence-corrected chi connectivity index (χ1v) is 8.36. The first kappa shape index (κ1) is 17.4. The van der Waals surface area contributed by atoms with Gasteiger partial charge in [-0.05, 0) is 48.5 Å². The van der Waals surface area contributed by atoms with Crippen LogP contribution in [0.4, 0.5) is 0 Å². The third-order valence-corrected chi connectivity index (χ3v) is 4.01. The number of carbonyl (C=O) groups is 1. The molecule has 1 amide bonds. The number of furan rings is 1. The second kappa shape index (κ2) is 8.10. The molecule has 0 aliphatic carbocycles. The molecule has 3 aromatic rings. The number of amides is 1. The van der Waals surface area contributed by atoms with Crippen molar-refractivity contribution in [2.24, 2.45) is 0 Å². The second-order valence-corrected chi connectivity index (χ2v) is 6.11. The van der Waals surface area contributed by atoms with Crippen LogP contribution in [-0.4, -0.2) is 12.5 Å². The Morgan fingerprint density at radius 3 is 2.52 bits per heavy atom.